The van der Waals surface area contributed by atoms with Gasteiger partial charge in [-0.2, -0.15) is 0 Å². The number of benzene rings is 2. The molecule has 6 heteroatoms. The third-order valence-corrected chi connectivity index (χ3v) is 4.68. The molecule has 2 aromatic carbocycles. The third-order valence-electron chi connectivity index (χ3n) is 4.68. The summed E-state index contributed by atoms with van der Waals surface area (Å²) in [6.07, 6.45) is 2.79. The lowest BCUT2D eigenvalue weighted by molar-refractivity contribution is -0.151. The number of Topliss-reactive ketones (excluding diaryl/α,β-unsaturated/α-hetero) is 1. The molecular formula is C25H32O6. The zero-order valence-electron chi connectivity index (χ0n) is 18.1. The van der Waals surface area contributed by atoms with Crippen molar-refractivity contribution < 1.29 is 28.9 Å². The van der Waals surface area contributed by atoms with E-state index < -0.39 is 12.1 Å². The van der Waals surface area contributed by atoms with Crippen LogP contribution in [0, 0.1) is 0 Å². The fraction of sp³-hybridized carbons (Fsp3) is 0.440. The fourth-order valence-electron chi connectivity index (χ4n) is 3.01. The maximum absolute atomic E-state index is 11.2. The highest BCUT2D eigenvalue weighted by molar-refractivity contribution is 5.77. The summed E-state index contributed by atoms with van der Waals surface area (Å²) in [6.45, 7) is 3.08. The van der Waals surface area contributed by atoms with Gasteiger partial charge >= 0.3 is 5.97 Å². The van der Waals surface area contributed by atoms with Gasteiger partial charge in [0, 0.05) is 13.0 Å². The number of carboxylic acids is 1. The first-order chi connectivity index (χ1) is 15.0. The molecule has 0 amide bonds. The van der Waals surface area contributed by atoms with Gasteiger partial charge in [-0.3, -0.25) is 0 Å². The van der Waals surface area contributed by atoms with E-state index in [4.69, 9.17) is 14.2 Å². The number of unbranched alkanes of at least 4 members (excludes halogenated alkanes) is 1. The van der Waals surface area contributed by atoms with Gasteiger partial charge in [0.05, 0.1) is 13.2 Å². The summed E-state index contributed by atoms with van der Waals surface area (Å²) < 4.78 is 16.9. The van der Waals surface area contributed by atoms with Crippen LogP contribution in [0.4, 0.5) is 0 Å². The molecule has 2 rings (SSSR count). The molecule has 0 heterocycles. The van der Waals surface area contributed by atoms with Gasteiger partial charge in [0.15, 0.2) is 6.10 Å². The zero-order chi connectivity index (χ0) is 22.3. The molecule has 1 N–H and O–H groups in total. The van der Waals surface area contributed by atoms with Crippen LogP contribution in [0.2, 0.25) is 0 Å². The third kappa shape index (κ3) is 10.6. The Labute approximate surface area is 184 Å². The standard InChI is InChI=1S/C25H32O6/c1-20(26)14-15-24(25(27)28)31-18-8-10-21-9-7-13-23(19-21)30-17-6-5-16-29-22-11-3-2-4-12-22/h2-4,7,9,11-13,19,24H,5-6,8,10,14-18H2,1H3,(H,27,28). The number of para-hydroxylation sites is 1. The van der Waals surface area contributed by atoms with Crippen molar-refractivity contribution in [2.24, 2.45) is 0 Å². The lowest BCUT2D eigenvalue weighted by Gasteiger charge is -2.13. The van der Waals surface area contributed by atoms with E-state index in [9.17, 15) is 14.7 Å². The average molecular weight is 429 g/mol. The van der Waals surface area contributed by atoms with Crippen molar-refractivity contribution in [1.29, 1.82) is 0 Å². The van der Waals surface area contributed by atoms with Gasteiger partial charge in [-0.1, -0.05) is 30.3 Å². The summed E-state index contributed by atoms with van der Waals surface area (Å²) in [5, 5.41) is 9.17. The SMILES string of the molecule is CC(=O)CCC(OCCCc1cccc(OCCCCOc2ccccc2)c1)C(=O)O. The predicted molar refractivity (Wildman–Crippen MR) is 119 cm³/mol. The van der Waals surface area contributed by atoms with E-state index in [1.807, 2.05) is 54.6 Å². The molecule has 6 nitrogen and oxygen atoms in total. The van der Waals surface area contributed by atoms with Crippen LogP contribution >= 0.6 is 0 Å². The highest BCUT2D eigenvalue weighted by Gasteiger charge is 2.18. The summed E-state index contributed by atoms with van der Waals surface area (Å²) in [5.74, 6) is 0.655. The van der Waals surface area contributed by atoms with Crippen LogP contribution in [-0.2, 0) is 20.7 Å². The summed E-state index contributed by atoms with van der Waals surface area (Å²) >= 11 is 0. The number of hydrogen-bond acceptors (Lipinski definition) is 5. The zero-order valence-corrected chi connectivity index (χ0v) is 18.1. The Morgan fingerprint density at radius 3 is 2.23 bits per heavy atom. The topological polar surface area (TPSA) is 82.1 Å². The van der Waals surface area contributed by atoms with E-state index in [2.05, 4.69) is 0 Å². The van der Waals surface area contributed by atoms with Crippen LogP contribution in [0.25, 0.3) is 0 Å². The molecule has 1 atom stereocenters. The number of ketones is 1. The van der Waals surface area contributed by atoms with E-state index in [1.54, 1.807) is 0 Å². The number of ether oxygens (including phenoxy) is 3. The van der Waals surface area contributed by atoms with Crippen molar-refractivity contribution in [2.45, 2.75) is 51.6 Å². The first-order valence-electron chi connectivity index (χ1n) is 10.8. The Kier molecular flexibility index (Phi) is 11.2. The van der Waals surface area contributed by atoms with Crippen molar-refractivity contribution in [3.8, 4) is 11.5 Å². The summed E-state index contributed by atoms with van der Waals surface area (Å²) in [6, 6.07) is 17.7. The molecule has 0 aliphatic heterocycles. The van der Waals surface area contributed by atoms with E-state index in [1.165, 1.54) is 6.92 Å². The molecule has 2 aromatic rings. The average Bonchev–Trinajstić information content (AvgIpc) is 2.76. The highest BCUT2D eigenvalue weighted by atomic mass is 16.5. The second-order valence-corrected chi connectivity index (χ2v) is 7.41. The molecule has 0 saturated heterocycles. The second kappa shape index (κ2) is 14.2. The number of aliphatic carboxylic acids is 1. The summed E-state index contributed by atoms with van der Waals surface area (Å²) in [4.78, 5) is 22.2. The van der Waals surface area contributed by atoms with Gasteiger partial charge in [-0.05, 0) is 68.9 Å². The predicted octanol–water partition coefficient (Wildman–Crippen LogP) is 4.70. The van der Waals surface area contributed by atoms with Gasteiger partial charge in [0.25, 0.3) is 0 Å². The largest absolute Gasteiger partial charge is 0.494 e. The van der Waals surface area contributed by atoms with Gasteiger partial charge in [-0.25, -0.2) is 4.79 Å². The lowest BCUT2D eigenvalue weighted by Crippen LogP contribution is -2.25. The van der Waals surface area contributed by atoms with Crippen LogP contribution in [0.15, 0.2) is 54.6 Å². The van der Waals surface area contributed by atoms with Crippen molar-refractivity contribution >= 4 is 11.8 Å². The van der Waals surface area contributed by atoms with Crippen molar-refractivity contribution in [2.75, 3.05) is 19.8 Å². The molecule has 0 aliphatic carbocycles. The summed E-state index contributed by atoms with van der Waals surface area (Å²) in [5.41, 5.74) is 1.11. The van der Waals surface area contributed by atoms with E-state index in [0.717, 1.165) is 36.3 Å². The number of rotatable bonds is 16. The second-order valence-electron chi connectivity index (χ2n) is 7.41. The van der Waals surface area contributed by atoms with Crippen LogP contribution in [0.5, 0.6) is 11.5 Å². The Hall–Kier alpha value is -2.86. The number of carbonyl (C=O) groups excluding carboxylic acids is 1. The fourth-order valence-corrected chi connectivity index (χ4v) is 3.01. The summed E-state index contributed by atoms with van der Waals surface area (Å²) in [7, 11) is 0. The molecule has 31 heavy (non-hydrogen) atoms. The van der Waals surface area contributed by atoms with Gasteiger partial charge in [0.2, 0.25) is 0 Å². The molecule has 0 spiro atoms. The van der Waals surface area contributed by atoms with E-state index >= 15 is 0 Å². The number of aryl methyl sites for hydroxylation is 1. The Morgan fingerprint density at radius 2 is 1.55 bits per heavy atom. The van der Waals surface area contributed by atoms with Crippen LogP contribution in [0.1, 0.15) is 44.6 Å². The van der Waals surface area contributed by atoms with Crippen LogP contribution < -0.4 is 9.47 Å². The van der Waals surface area contributed by atoms with Gasteiger partial charge < -0.3 is 24.1 Å². The molecule has 1 unspecified atom stereocenters. The minimum absolute atomic E-state index is 0.0321. The highest BCUT2D eigenvalue weighted by Crippen LogP contribution is 2.16. The first-order valence-corrected chi connectivity index (χ1v) is 10.8. The smallest absolute Gasteiger partial charge is 0.332 e. The maximum atomic E-state index is 11.2. The molecule has 0 radical (unpaired) electrons. The van der Waals surface area contributed by atoms with Crippen molar-refractivity contribution in [1.82, 2.24) is 0 Å². The van der Waals surface area contributed by atoms with Crippen molar-refractivity contribution in [3.05, 3.63) is 60.2 Å². The molecule has 0 bridgehead atoms. The van der Waals surface area contributed by atoms with Crippen LogP contribution in [-0.4, -0.2) is 42.8 Å². The first kappa shape index (κ1) is 24.4. The molecule has 0 fully saturated rings. The quantitative estimate of drug-likeness (QED) is 0.391. The Morgan fingerprint density at radius 1 is 0.871 bits per heavy atom. The number of carbonyl (C=O) groups is 2. The van der Waals surface area contributed by atoms with E-state index in [0.29, 0.717) is 26.2 Å². The molecule has 0 saturated carbocycles. The van der Waals surface area contributed by atoms with Gasteiger partial charge in [0.1, 0.15) is 17.3 Å². The van der Waals surface area contributed by atoms with E-state index in [-0.39, 0.29) is 18.6 Å². The molecule has 168 valence electrons. The maximum Gasteiger partial charge on any atom is 0.332 e. The minimum atomic E-state index is -1.02. The Balaban J connectivity index is 1.61. The van der Waals surface area contributed by atoms with Crippen molar-refractivity contribution in [3.63, 3.8) is 0 Å². The number of carboxylic acid groups (broad SMARTS) is 1. The number of hydrogen-bond donors (Lipinski definition) is 1. The molecule has 0 aliphatic rings. The van der Waals surface area contributed by atoms with Gasteiger partial charge in [-0.15, -0.1) is 0 Å². The normalized spacial score (nSPS) is 11.6. The lowest BCUT2D eigenvalue weighted by atomic mass is 10.1. The minimum Gasteiger partial charge on any atom is -0.494 e. The molecule has 0 aromatic heterocycles. The monoisotopic (exact) mass is 428 g/mol. The molecular weight excluding hydrogens is 396 g/mol. The van der Waals surface area contributed by atoms with Crippen LogP contribution in [0.3, 0.4) is 0 Å². The Bertz CT molecular complexity index is 790.